The van der Waals surface area contributed by atoms with Crippen LogP contribution >= 0.6 is 7.26 Å². The first kappa shape index (κ1) is 29.8. The van der Waals surface area contributed by atoms with Crippen molar-refractivity contribution in [2.24, 2.45) is 0 Å². The van der Waals surface area contributed by atoms with E-state index in [1.165, 1.54) is 22.0 Å². The first-order chi connectivity index (χ1) is 21.5. The van der Waals surface area contributed by atoms with E-state index in [2.05, 4.69) is 77.5 Å². The molecule has 0 atom stereocenters. The van der Waals surface area contributed by atoms with E-state index in [0.717, 1.165) is 16.9 Å². The Balaban J connectivity index is 1.08. The van der Waals surface area contributed by atoms with Crippen LogP contribution in [0.25, 0.3) is 21.9 Å². The Morgan fingerprint density at radius 3 is 1.84 bits per heavy atom. The topological polar surface area (TPSA) is 85.6 Å². The Kier molecular flexibility index (Phi) is 8.89. The van der Waals surface area contributed by atoms with Crippen LogP contribution in [0.1, 0.15) is 12.8 Å². The summed E-state index contributed by atoms with van der Waals surface area (Å²) in [5.41, 5.74) is 1.19. The zero-order valence-corrected chi connectivity index (χ0v) is 26.0. The number of esters is 1. The number of rotatable bonds is 12. The number of benzene rings is 5. The Morgan fingerprint density at radius 2 is 1.23 bits per heavy atom. The van der Waals surface area contributed by atoms with E-state index in [1.807, 2.05) is 42.5 Å². The van der Waals surface area contributed by atoms with E-state index < -0.39 is 23.3 Å². The molecule has 0 aliphatic heterocycles. The number of ether oxygens (including phenoxy) is 1. The molecule has 224 valence electrons. The van der Waals surface area contributed by atoms with Gasteiger partial charge >= 0.3 is 214 Å². The zero-order chi connectivity index (χ0) is 30.4. The van der Waals surface area contributed by atoms with Gasteiger partial charge in [0.2, 0.25) is 0 Å². The fraction of sp³-hybridized carbons (Fsp3) is 0.139. The molecular formula is C36H34NO5PS. The summed E-state index contributed by atoms with van der Waals surface area (Å²) < 4.78 is 39.8. The molecule has 0 spiro atoms. The van der Waals surface area contributed by atoms with E-state index in [0.29, 0.717) is 17.6 Å². The van der Waals surface area contributed by atoms with Gasteiger partial charge in [-0.15, -0.1) is 0 Å². The van der Waals surface area contributed by atoms with Crippen molar-refractivity contribution in [1.29, 1.82) is 0 Å². The van der Waals surface area contributed by atoms with E-state index >= 15 is 0 Å². The number of hydrogen-bond donors (Lipinski definition) is 1. The number of carbonyl (C=O) groups excluding carboxylic acids is 1. The molecule has 0 unspecified atom stereocenters. The fourth-order valence-corrected chi connectivity index (χ4v) is 11.8. The van der Waals surface area contributed by atoms with Gasteiger partial charge < -0.3 is 4.42 Å². The molecule has 5 aromatic carbocycles. The normalized spacial score (nSPS) is 12.4. The molecule has 0 aliphatic rings. The first-order valence-corrected chi connectivity index (χ1v) is 18.4. The number of furan rings is 1. The molecule has 6 rings (SSSR count). The molecule has 0 radical (unpaired) electrons. The van der Waals surface area contributed by atoms with Crippen molar-refractivity contribution in [2.45, 2.75) is 17.7 Å². The van der Waals surface area contributed by atoms with Crippen LogP contribution in [-0.2, 0) is 19.6 Å². The fourth-order valence-electron chi connectivity index (χ4n) is 5.94. The Hall–Kier alpha value is -4.29. The van der Waals surface area contributed by atoms with Gasteiger partial charge in [-0.25, -0.2) is 0 Å². The minimum atomic E-state index is -3.83. The number of para-hydroxylation sites is 1. The molecule has 6 aromatic rings. The van der Waals surface area contributed by atoms with E-state index in [9.17, 15) is 13.2 Å². The summed E-state index contributed by atoms with van der Waals surface area (Å²) >= 11 is 0. The van der Waals surface area contributed by atoms with E-state index in [1.54, 1.807) is 12.1 Å². The number of fused-ring (bicyclic) bond motifs is 3. The molecule has 0 aliphatic carbocycles. The van der Waals surface area contributed by atoms with Crippen LogP contribution in [0.3, 0.4) is 0 Å². The predicted octanol–water partition coefficient (Wildman–Crippen LogP) is 5.91. The Bertz CT molecular complexity index is 1880. The average Bonchev–Trinajstić information content (AvgIpc) is 3.44. The minimum absolute atomic E-state index is 0.0595. The van der Waals surface area contributed by atoms with Crippen molar-refractivity contribution in [3.8, 4) is 0 Å². The van der Waals surface area contributed by atoms with Gasteiger partial charge in [0, 0.05) is 10.8 Å². The van der Waals surface area contributed by atoms with Gasteiger partial charge in [-0.05, 0) is 6.07 Å². The number of nitrogens with one attached hydrogen (secondary N) is 1. The standard InChI is InChI=1S/C36H34NO5PS/c38-36(23-24-37-44(39,40)31-21-22-33-32-19-10-11-20-34(32)42-35(33)27-31)41-25-12-26-43(28-13-4-1-5-14-28,29-15-6-2-7-16-29)30-17-8-3-9-18-30/h1-11,13-22,27,37,43H,12,23-26H2. The average molecular weight is 624 g/mol. The second kappa shape index (κ2) is 13.1. The third-order valence-electron chi connectivity index (χ3n) is 8.04. The van der Waals surface area contributed by atoms with Gasteiger partial charge in [0.25, 0.3) is 0 Å². The molecule has 44 heavy (non-hydrogen) atoms. The summed E-state index contributed by atoms with van der Waals surface area (Å²) in [5, 5.41) is 5.69. The van der Waals surface area contributed by atoms with Gasteiger partial charge in [0.15, 0.2) is 0 Å². The second-order valence-corrected chi connectivity index (χ2v) is 16.5. The van der Waals surface area contributed by atoms with Crippen molar-refractivity contribution >= 4 is 61.1 Å². The molecule has 0 saturated carbocycles. The number of sulfonamides is 1. The number of hydrogen-bond acceptors (Lipinski definition) is 5. The predicted molar refractivity (Wildman–Crippen MR) is 181 cm³/mol. The Labute approximate surface area is 258 Å². The molecule has 8 heteroatoms. The maximum atomic E-state index is 12.9. The molecule has 0 saturated heterocycles. The van der Waals surface area contributed by atoms with Crippen LogP contribution in [0.5, 0.6) is 0 Å². The molecule has 1 N–H and O–H groups in total. The number of carbonyl (C=O) groups is 1. The van der Waals surface area contributed by atoms with Crippen molar-refractivity contribution in [3.05, 3.63) is 133 Å². The monoisotopic (exact) mass is 623 g/mol. The molecule has 0 amide bonds. The van der Waals surface area contributed by atoms with Crippen molar-refractivity contribution in [1.82, 2.24) is 4.72 Å². The molecule has 1 heterocycles. The van der Waals surface area contributed by atoms with Crippen LogP contribution in [0.2, 0.25) is 0 Å². The van der Waals surface area contributed by atoms with Crippen LogP contribution < -0.4 is 20.6 Å². The summed E-state index contributed by atoms with van der Waals surface area (Å²) in [7, 11) is -6.24. The van der Waals surface area contributed by atoms with Crippen LogP contribution in [0.15, 0.2) is 143 Å². The van der Waals surface area contributed by atoms with Crippen LogP contribution in [0, 0.1) is 0 Å². The van der Waals surface area contributed by atoms with Crippen molar-refractivity contribution < 1.29 is 22.4 Å². The van der Waals surface area contributed by atoms with E-state index in [4.69, 9.17) is 9.15 Å². The SMILES string of the molecule is O=C(CCNS(=O)(=O)c1ccc2c(c1)oc1ccccc12)OCCC[PH](c1ccccc1)(c1ccccc1)c1ccccc1. The molecule has 6 nitrogen and oxygen atoms in total. The van der Waals surface area contributed by atoms with Crippen molar-refractivity contribution in [2.75, 3.05) is 19.3 Å². The van der Waals surface area contributed by atoms with Gasteiger partial charge in [-0.2, -0.15) is 0 Å². The summed E-state index contributed by atoms with van der Waals surface area (Å²) in [4.78, 5) is 12.7. The van der Waals surface area contributed by atoms with Gasteiger partial charge in [-0.3, -0.25) is 0 Å². The third-order valence-corrected chi connectivity index (χ3v) is 14.6. The van der Waals surface area contributed by atoms with Crippen LogP contribution in [0.4, 0.5) is 0 Å². The molecule has 1 aromatic heterocycles. The first-order valence-electron chi connectivity index (χ1n) is 14.7. The van der Waals surface area contributed by atoms with Gasteiger partial charge in [-0.1, -0.05) is 18.2 Å². The van der Waals surface area contributed by atoms with Crippen molar-refractivity contribution in [3.63, 3.8) is 0 Å². The molecule has 0 fully saturated rings. The van der Waals surface area contributed by atoms with Gasteiger partial charge in [0.1, 0.15) is 5.58 Å². The van der Waals surface area contributed by atoms with Gasteiger partial charge in [0.05, 0.1) is 0 Å². The van der Waals surface area contributed by atoms with Crippen LogP contribution in [-0.4, -0.2) is 33.7 Å². The summed E-state index contributed by atoms with van der Waals surface area (Å²) in [6, 6.07) is 44.2. The Morgan fingerprint density at radius 1 is 0.682 bits per heavy atom. The summed E-state index contributed by atoms with van der Waals surface area (Å²) in [5.74, 6) is -0.438. The quantitative estimate of drug-likeness (QED) is 0.104. The third kappa shape index (κ3) is 6.18. The second-order valence-electron chi connectivity index (χ2n) is 10.7. The maximum absolute atomic E-state index is 12.9. The van der Waals surface area contributed by atoms with E-state index in [-0.39, 0.29) is 24.5 Å². The molecule has 0 bridgehead atoms. The summed E-state index contributed by atoms with van der Waals surface area (Å²) in [6.07, 6.45) is 1.47. The molecular weight excluding hydrogens is 589 g/mol. The zero-order valence-electron chi connectivity index (χ0n) is 24.2. The summed E-state index contributed by atoms with van der Waals surface area (Å²) in [6.45, 7) is 0.200.